The quantitative estimate of drug-likeness (QED) is 0.820. The first-order valence-electron chi connectivity index (χ1n) is 7.04. The highest BCUT2D eigenvalue weighted by atomic mass is 79.9. The third kappa shape index (κ3) is 3.85. The molecule has 2 N–H and O–H groups in total. The first kappa shape index (κ1) is 16.0. The molecule has 0 saturated carbocycles. The summed E-state index contributed by atoms with van der Waals surface area (Å²) in [4.78, 5) is 2.34. The highest BCUT2D eigenvalue weighted by Crippen LogP contribution is 2.38. The number of piperazine rings is 1. The van der Waals surface area contributed by atoms with E-state index in [1.165, 1.54) is 0 Å². The maximum Gasteiger partial charge on any atom is 0.134 e. The molecule has 1 aliphatic heterocycles. The summed E-state index contributed by atoms with van der Waals surface area (Å²) < 4.78 is 0.568. The molecule has 2 rings (SSSR count). The van der Waals surface area contributed by atoms with Crippen LogP contribution in [-0.4, -0.2) is 36.2 Å². The van der Waals surface area contributed by atoms with Crippen LogP contribution in [0, 0.1) is 11.3 Å². The minimum atomic E-state index is 0.0502. The number of benzene rings is 1. The van der Waals surface area contributed by atoms with Gasteiger partial charge in [0.2, 0.25) is 0 Å². The maximum atomic E-state index is 10.4. The third-order valence-electron chi connectivity index (χ3n) is 3.72. The van der Waals surface area contributed by atoms with E-state index in [0.717, 1.165) is 43.7 Å². The van der Waals surface area contributed by atoms with Crippen LogP contribution in [0.3, 0.4) is 0 Å². The second-order valence-electron chi connectivity index (χ2n) is 5.47. The van der Waals surface area contributed by atoms with Crippen LogP contribution in [0.2, 0.25) is 0 Å². The Kier molecular flexibility index (Phi) is 5.40. The molecule has 1 heterocycles. The Morgan fingerprint density at radius 2 is 2.19 bits per heavy atom. The number of nitrogens with zero attached hydrogens (tertiary/aromatic N) is 2. The van der Waals surface area contributed by atoms with Gasteiger partial charge in [-0.05, 0) is 41.4 Å². The molecule has 0 spiro atoms. The van der Waals surface area contributed by atoms with Crippen LogP contribution in [0.5, 0.6) is 5.75 Å². The fourth-order valence-corrected chi connectivity index (χ4v) is 3.17. The highest BCUT2D eigenvalue weighted by molar-refractivity contribution is 9.10. The number of hydrogen-bond donors (Lipinski definition) is 2. The van der Waals surface area contributed by atoms with Crippen molar-refractivity contribution in [1.29, 1.82) is 5.26 Å². The first-order chi connectivity index (χ1) is 10.0. The largest absolute Gasteiger partial charge is 0.506 e. The van der Waals surface area contributed by atoms with Crippen molar-refractivity contribution >= 4 is 15.9 Å². The van der Waals surface area contributed by atoms with Gasteiger partial charge >= 0.3 is 0 Å². The SMILES string of the molecule is C=C(C)C[C@H](c1cc(C#N)cc(Br)c1O)N1CCNCC1. The number of aromatic hydroxyl groups is 1. The third-order valence-corrected chi connectivity index (χ3v) is 4.32. The van der Waals surface area contributed by atoms with Crippen molar-refractivity contribution in [1.82, 2.24) is 10.2 Å². The molecule has 4 nitrogen and oxygen atoms in total. The summed E-state index contributed by atoms with van der Waals surface area (Å²) >= 11 is 3.34. The molecule has 112 valence electrons. The van der Waals surface area contributed by atoms with Gasteiger partial charge in [-0.3, -0.25) is 4.90 Å². The van der Waals surface area contributed by atoms with Crippen LogP contribution in [0.4, 0.5) is 0 Å². The zero-order valence-corrected chi connectivity index (χ0v) is 13.8. The van der Waals surface area contributed by atoms with Gasteiger partial charge in [-0.2, -0.15) is 5.26 Å². The highest BCUT2D eigenvalue weighted by Gasteiger charge is 2.25. The van der Waals surface area contributed by atoms with E-state index in [0.29, 0.717) is 10.0 Å². The lowest BCUT2D eigenvalue weighted by atomic mass is 9.95. The van der Waals surface area contributed by atoms with Crippen molar-refractivity contribution in [3.05, 3.63) is 39.9 Å². The van der Waals surface area contributed by atoms with Gasteiger partial charge in [0, 0.05) is 37.8 Å². The average Bonchev–Trinajstić information content (AvgIpc) is 2.48. The molecular weight excluding hydrogens is 330 g/mol. The van der Waals surface area contributed by atoms with Crippen molar-refractivity contribution in [2.75, 3.05) is 26.2 Å². The maximum absolute atomic E-state index is 10.4. The Bertz CT molecular complexity index is 574. The normalized spacial score (nSPS) is 17.2. The van der Waals surface area contributed by atoms with Gasteiger partial charge < -0.3 is 10.4 Å². The van der Waals surface area contributed by atoms with Gasteiger partial charge in [-0.15, -0.1) is 6.58 Å². The summed E-state index contributed by atoms with van der Waals surface area (Å²) in [6, 6.07) is 5.64. The Labute approximate surface area is 134 Å². The standard InChI is InChI=1S/C16H20BrN3O/c1-11(2)7-15(20-5-3-19-4-6-20)13-8-12(10-18)9-14(17)16(13)21/h8-9,15,19,21H,1,3-7H2,2H3/t15-/m1/s1. The van der Waals surface area contributed by atoms with E-state index in [4.69, 9.17) is 5.26 Å². The predicted molar refractivity (Wildman–Crippen MR) is 87.1 cm³/mol. The van der Waals surface area contributed by atoms with Crippen LogP contribution in [0.25, 0.3) is 0 Å². The number of phenolic OH excluding ortho intramolecular Hbond substituents is 1. The Balaban J connectivity index is 2.42. The molecule has 5 heteroatoms. The van der Waals surface area contributed by atoms with Crippen molar-refractivity contribution in [3.8, 4) is 11.8 Å². The molecule has 21 heavy (non-hydrogen) atoms. The first-order valence-corrected chi connectivity index (χ1v) is 7.84. The Morgan fingerprint density at radius 3 is 2.76 bits per heavy atom. The zero-order chi connectivity index (χ0) is 15.4. The molecule has 0 radical (unpaired) electrons. The number of rotatable bonds is 4. The van der Waals surface area contributed by atoms with Crippen molar-refractivity contribution < 1.29 is 5.11 Å². The molecule has 0 bridgehead atoms. The molecule has 1 atom stereocenters. The molecule has 1 fully saturated rings. The van der Waals surface area contributed by atoms with Crippen LogP contribution >= 0.6 is 15.9 Å². The van der Waals surface area contributed by atoms with Crippen LogP contribution < -0.4 is 5.32 Å². The summed E-state index contributed by atoms with van der Waals surface area (Å²) in [5.74, 6) is 0.221. The fourth-order valence-electron chi connectivity index (χ4n) is 2.70. The zero-order valence-electron chi connectivity index (χ0n) is 12.2. The molecular formula is C16H20BrN3O. The van der Waals surface area contributed by atoms with E-state index < -0.39 is 0 Å². The smallest absolute Gasteiger partial charge is 0.134 e. The van der Waals surface area contributed by atoms with Gasteiger partial charge in [0.25, 0.3) is 0 Å². The fraction of sp³-hybridized carbons (Fsp3) is 0.438. The van der Waals surface area contributed by atoms with E-state index in [-0.39, 0.29) is 11.8 Å². The van der Waals surface area contributed by atoms with E-state index in [2.05, 4.69) is 38.8 Å². The molecule has 0 aliphatic carbocycles. The van der Waals surface area contributed by atoms with Crippen LogP contribution in [0.15, 0.2) is 28.8 Å². The van der Waals surface area contributed by atoms with E-state index >= 15 is 0 Å². The van der Waals surface area contributed by atoms with Gasteiger partial charge in [-0.25, -0.2) is 0 Å². The molecule has 0 aromatic heterocycles. The lowest BCUT2D eigenvalue weighted by molar-refractivity contribution is 0.170. The number of nitrogens with one attached hydrogen (secondary N) is 1. The Morgan fingerprint density at radius 1 is 1.52 bits per heavy atom. The number of hydrogen-bond acceptors (Lipinski definition) is 4. The summed E-state index contributed by atoms with van der Waals surface area (Å²) in [5, 5.41) is 22.9. The van der Waals surface area contributed by atoms with Gasteiger partial charge in [-0.1, -0.05) is 5.57 Å². The van der Waals surface area contributed by atoms with Gasteiger partial charge in [0.05, 0.1) is 16.1 Å². The summed E-state index contributed by atoms with van der Waals surface area (Å²) in [5.41, 5.74) is 2.42. The Hall–Kier alpha value is -1.35. The summed E-state index contributed by atoms with van der Waals surface area (Å²) in [6.45, 7) is 9.72. The second-order valence-corrected chi connectivity index (χ2v) is 6.33. The summed E-state index contributed by atoms with van der Waals surface area (Å²) in [6.07, 6.45) is 0.773. The molecule has 1 aromatic rings. The molecule has 1 aromatic carbocycles. The molecule has 0 unspecified atom stereocenters. The van der Waals surface area contributed by atoms with Gasteiger partial charge in [0.15, 0.2) is 0 Å². The van der Waals surface area contributed by atoms with E-state index in [9.17, 15) is 5.11 Å². The summed E-state index contributed by atoms with van der Waals surface area (Å²) in [7, 11) is 0. The monoisotopic (exact) mass is 349 g/mol. The van der Waals surface area contributed by atoms with Crippen molar-refractivity contribution in [3.63, 3.8) is 0 Å². The van der Waals surface area contributed by atoms with Crippen molar-refractivity contribution in [2.24, 2.45) is 0 Å². The predicted octanol–water partition coefficient (Wildman–Crippen LogP) is 2.94. The van der Waals surface area contributed by atoms with Crippen LogP contribution in [0.1, 0.15) is 30.5 Å². The minimum absolute atomic E-state index is 0.0502. The van der Waals surface area contributed by atoms with E-state index in [1.54, 1.807) is 12.1 Å². The molecule has 0 amide bonds. The molecule has 1 aliphatic rings. The average molecular weight is 350 g/mol. The second kappa shape index (κ2) is 7.08. The van der Waals surface area contributed by atoms with E-state index in [1.807, 2.05) is 6.92 Å². The van der Waals surface area contributed by atoms with Gasteiger partial charge in [0.1, 0.15) is 5.75 Å². The topological polar surface area (TPSA) is 59.3 Å². The number of phenols is 1. The lowest BCUT2D eigenvalue weighted by Gasteiger charge is -2.36. The molecule has 1 saturated heterocycles. The lowest BCUT2D eigenvalue weighted by Crippen LogP contribution is -2.45. The number of nitriles is 1. The number of halogens is 1. The van der Waals surface area contributed by atoms with Crippen LogP contribution in [-0.2, 0) is 0 Å². The minimum Gasteiger partial charge on any atom is -0.506 e. The van der Waals surface area contributed by atoms with Crippen molar-refractivity contribution in [2.45, 2.75) is 19.4 Å².